The Morgan fingerprint density at radius 2 is 2.05 bits per heavy atom. The first-order chi connectivity index (χ1) is 10.3. The average molecular weight is 302 g/mol. The zero-order chi connectivity index (χ0) is 14.7. The van der Waals surface area contributed by atoms with Gasteiger partial charge < -0.3 is 4.74 Å². The Bertz CT molecular complexity index is 776. The first-order valence-corrected chi connectivity index (χ1v) is 7.45. The molecule has 0 unspecified atom stereocenters. The van der Waals surface area contributed by atoms with Crippen LogP contribution in [0.3, 0.4) is 0 Å². The highest BCUT2D eigenvalue weighted by Crippen LogP contribution is 2.18. The first kappa shape index (κ1) is 13.6. The van der Waals surface area contributed by atoms with Crippen molar-refractivity contribution in [1.82, 2.24) is 19.8 Å². The summed E-state index contributed by atoms with van der Waals surface area (Å²) in [7, 11) is 0. The molecule has 0 bridgehead atoms. The van der Waals surface area contributed by atoms with Crippen LogP contribution in [-0.2, 0) is 6.54 Å². The standard InChI is InChI=1S/C14H14N4O2S/c1-2-20-12-7-4-3-6-11(12)10-17-14(19)18(16-15-17)13-8-5-9-21-13/h3-9H,2,10H2,1H3. The smallest absolute Gasteiger partial charge is 0.369 e. The highest BCUT2D eigenvalue weighted by molar-refractivity contribution is 7.12. The summed E-state index contributed by atoms with van der Waals surface area (Å²) < 4.78 is 8.19. The number of rotatable bonds is 5. The van der Waals surface area contributed by atoms with Gasteiger partial charge in [0.1, 0.15) is 10.8 Å². The highest BCUT2D eigenvalue weighted by atomic mass is 32.1. The Morgan fingerprint density at radius 3 is 2.81 bits per heavy atom. The maximum atomic E-state index is 12.3. The van der Waals surface area contributed by atoms with Gasteiger partial charge in [-0.1, -0.05) is 18.2 Å². The van der Waals surface area contributed by atoms with E-state index in [2.05, 4.69) is 10.4 Å². The molecule has 7 heteroatoms. The van der Waals surface area contributed by atoms with Crippen molar-refractivity contribution in [3.8, 4) is 10.8 Å². The van der Waals surface area contributed by atoms with Crippen LogP contribution < -0.4 is 10.4 Å². The Hall–Kier alpha value is -2.41. The lowest BCUT2D eigenvalue weighted by Crippen LogP contribution is -2.24. The van der Waals surface area contributed by atoms with E-state index < -0.39 is 0 Å². The summed E-state index contributed by atoms with van der Waals surface area (Å²) >= 11 is 1.44. The Kier molecular flexibility index (Phi) is 3.83. The van der Waals surface area contributed by atoms with E-state index in [-0.39, 0.29) is 5.69 Å². The molecule has 0 radical (unpaired) electrons. The summed E-state index contributed by atoms with van der Waals surface area (Å²) in [5.41, 5.74) is 0.642. The summed E-state index contributed by atoms with van der Waals surface area (Å²) in [6.07, 6.45) is 0. The number of aromatic nitrogens is 4. The van der Waals surface area contributed by atoms with Crippen LogP contribution in [0.4, 0.5) is 0 Å². The molecule has 0 atom stereocenters. The van der Waals surface area contributed by atoms with E-state index in [1.54, 1.807) is 0 Å². The molecule has 0 saturated carbocycles. The van der Waals surface area contributed by atoms with Crippen LogP contribution in [0.5, 0.6) is 5.75 Å². The molecule has 0 aliphatic rings. The molecule has 108 valence electrons. The maximum absolute atomic E-state index is 12.3. The van der Waals surface area contributed by atoms with Crippen molar-refractivity contribution in [2.45, 2.75) is 13.5 Å². The second kappa shape index (κ2) is 5.92. The summed E-state index contributed by atoms with van der Waals surface area (Å²) in [6.45, 7) is 2.84. The summed E-state index contributed by atoms with van der Waals surface area (Å²) in [5, 5.41) is 10.5. The number of para-hydroxylation sites is 1. The van der Waals surface area contributed by atoms with Crippen molar-refractivity contribution in [3.63, 3.8) is 0 Å². The maximum Gasteiger partial charge on any atom is 0.369 e. The van der Waals surface area contributed by atoms with Crippen LogP contribution in [0.15, 0.2) is 46.6 Å². The van der Waals surface area contributed by atoms with Gasteiger partial charge in [0.2, 0.25) is 0 Å². The van der Waals surface area contributed by atoms with Gasteiger partial charge in [-0.15, -0.1) is 11.3 Å². The molecule has 0 spiro atoms. The van der Waals surface area contributed by atoms with E-state index in [1.165, 1.54) is 20.7 Å². The second-order valence-corrected chi connectivity index (χ2v) is 5.25. The molecule has 0 aliphatic heterocycles. The van der Waals surface area contributed by atoms with Crippen LogP contribution in [-0.4, -0.2) is 26.4 Å². The molecule has 1 aromatic carbocycles. The van der Waals surface area contributed by atoms with Crippen LogP contribution in [0.25, 0.3) is 5.00 Å². The van der Waals surface area contributed by atoms with E-state index in [0.29, 0.717) is 13.2 Å². The normalized spacial score (nSPS) is 10.7. The molecule has 3 rings (SSSR count). The van der Waals surface area contributed by atoms with E-state index in [1.807, 2.05) is 48.7 Å². The van der Waals surface area contributed by atoms with Gasteiger partial charge >= 0.3 is 5.69 Å². The second-order valence-electron chi connectivity index (χ2n) is 4.32. The predicted octanol–water partition coefficient (Wildman–Crippen LogP) is 1.94. The number of tetrazole rings is 1. The Labute approximate surface area is 125 Å². The number of hydrogen-bond donors (Lipinski definition) is 0. The third-order valence-corrected chi connectivity index (χ3v) is 3.79. The van der Waals surface area contributed by atoms with Crippen molar-refractivity contribution < 1.29 is 4.74 Å². The van der Waals surface area contributed by atoms with E-state index >= 15 is 0 Å². The topological polar surface area (TPSA) is 61.9 Å². The molecule has 0 fully saturated rings. The highest BCUT2D eigenvalue weighted by Gasteiger charge is 2.11. The minimum absolute atomic E-state index is 0.260. The molecule has 0 N–H and O–H groups in total. The lowest BCUT2D eigenvalue weighted by atomic mass is 10.2. The van der Waals surface area contributed by atoms with Gasteiger partial charge in [-0.05, 0) is 40.9 Å². The van der Waals surface area contributed by atoms with Gasteiger partial charge in [-0.3, -0.25) is 0 Å². The third-order valence-electron chi connectivity index (χ3n) is 2.95. The number of benzene rings is 1. The molecule has 0 aliphatic carbocycles. The fourth-order valence-corrected chi connectivity index (χ4v) is 2.66. The fourth-order valence-electron chi connectivity index (χ4n) is 1.99. The number of thiophene rings is 1. The largest absolute Gasteiger partial charge is 0.494 e. The quantitative estimate of drug-likeness (QED) is 0.722. The van der Waals surface area contributed by atoms with Gasteiger partial charge in [0, 0.05) is 5.56 Å². The van der Waals surface area contributed by atoms with E-state index in [9.17, 15) is 4.79 Å². The van der Waals surface area contributed by atoms with Crippen molar-refractivity contribution in [2.24, 2.45) is 0 Å². The molecule has 2 aromatic heterocycles. The lowest BCUT2D eigenvalue weighted by molar-refractivity contribution is 0.335. The summed E-state index contributed by atoms with van der Waals surface area (Å²) in [6, 6.07) is 11.3. The zero-order valence-corrected chi connectivity index (χ0v) is 12.3. The van der Waals surface area contributed by atoms with Crippen LogP contribution in [0.1, 0.15) is 12.5 Å². The van der Waals surface area contributed by atoms with Gasteiger partial charge in [0.05, 0.1) is 13.2 Å². The SMILES string of the molecule is CCOc1ccccc1Cn1nnn(-c2cccs2)c1=O. The third kappa shape index (κ3) is 2.73. The molecule has 2 heterocycles. The van der Waals surface area contributed by atoms with Gasteiger partial charge in [-0.2, -0.15) is 9.36 Å². The predicted molar refractivity (Wildman–Crippen MR) is 80.2 cm³/mol. The minimum atomic E-state index is -0.260. The molecule has 6 nitrogen and oxygen atoms in total. The van der Waals surface area contributed by atoms with Crippen LogP contribution in [0.2, 0.25) is 0 Å². The Balaban J connectivity index is 1.92. The average Bonchev–Trinajstić information content (AvgIpc) is 3.12. The molecular formula is C14H14N4O2S. The lowest BCUT2D eigenvalue weighted by Gasteiger charge is -2.08. The van der Waals surface area contributed by atoms with Crippen molar-refractivity contribution in [3.05, 3.63) is 57.8 Å². The van der Waals surface area contributed by atoms with Gasteiger partial charge in [0.25, 0.3) is 0 Å². The monoisotopic (exact) mass is 302 g/mol. The van der Waals surface area contributed by atoms with Gasteiger partial charge in [-0.25, -0.2) is 4.79 Å². The first-order valence-electron chi connectivity index (χ1n) is 6.57. The summed E-state index contributed by atoms with van der Waals surface area (Å²) in [4.78, 5) is 12.3. The van der Waals surface area contributed by atoms with Crippen molar-refractivity contribution in [2.75, 3.05) is 6.61 Å². The molecular weight excluding hydrogens is 288 g/mol. The van der Waals surface area contributed by atoms with E-state index in [4.69, 9.17) is 4.74 Å². The Morgan fingerprint density at radius 1 is 1.19 bits per heavy atom. The molecule has 3 aromatic rings. The molecule has 0 amide bonds. The number of hydrogen-bond acceptors (Lipinski definition) is 5. The van der Waals surface area contributed by atoms with Crippen LogP contribution >= 0.6 is 11.3 Å². The van der Waals surface area contributed by atoms with Gasteiger partial charge in [0.15, 0.2) is 0 Å². The van der Waals surface area contributed by atoms with Crippen molar-refractivity contribution in [1.29, 1.82) is 0 Å². The number of ether oxygens (including phenoxy) is 1. The fraction of sp³-hybridized carbons (Fsp3) is 0.214. The molecule has 0 saturated heterocycles. The molecule has 21 heavy (non-hydrogen) atoms. The summed E-state index contributed by atoms with van der Waals surface area (Å²) in [5.74, 6) is 0.762. The minimum Gasteiger partial charge on any atom is -0.494 e. The number of nitrogens with zero attached hydrogens (tertiary/aromatic N) is 4. The van der Waals surface area contributed by atoms with E-state index in [0.717, 1.165) is 16.3 Å². The van der Waals surface area contributed by atoms with Crippen molar-refractivity contribution >= 4 is 11.3 Å². The zero-order valence-electron chi connectivity index (χ0n) is 11.5. The van der Waals surface area contributed by atoms with Crippen LogP contribution in [0, 0.1) is 0 Å².